The van der Waals surface area contributed by atoms with Gasteiger partial charge in [0.15, 0.2) is 0 Å². The molecule has 2 unspecified atom stereocenters. The highest BCUT2D eigenvalue weighted by molar-refractivity contribution is 9.10. The van der Waals surface area contributed by atoms with E-state index in [0.29, 0.717) is 11.5 Å². The molecule has 0 fully saturated rings. The Morgan fingerprint density at radius 3 is 2.47 bits per heavy atom. The summed E-state index contributed by atoms with van der Waals surface area (Å²) in [7, 11) is 0. The van der Waals surface area contributed by atoms with Crippen molar-refractivity contribution in [3.05, 3.63) is 34.1 Å². The van der Waals surface area contributed by atoms with Crippen molar-refractivity contribution >= 4 is 15.9 Å². The monoisotopic (exact) mass is 301 g/mol. The molecular formula is C14H21BrFN. The molecule has 3 heteroatoms. The molecule has 1 nitrogen and oxygen atoms in total. The lowest BCUT2D eigenvalue weighted by Crippen LogP contribution is -2.23. The molecule has 0 heterocycles. The minimum atomic E-state index is -0.248. The Labute approximate surface area is 112 Å². The van der Waals surface area contributed by atoms with Gasteiger partial charge >= 0.3 is 0 Å². The highest BCUT2D eigenvalue weighted by Gasteiger charge is 2.23. The fraction of sp³-hybridized carbons (Fsp3) is 0.571. The zero-order chi connectivity index (χ0) is 13.2. The van der Waals surface area contributed by atoms with Crippen LogP contribution >= 0.6 is 15.9 Å². The Bertz CT molecular complexity index is 384. The molecule has 0 saturated carbocycles. The lowest BCUT2D eigenvalue weighted by Gasteiger charge is -2.29. The Balaban J connectivity index is 2.83. The van der Waals surface area contributed by atoms with Crippen LogP contribution in [0.15, 0.2) is 22.7 Å². The van der Waals surface area contributed by atoms with Crippen molar-refractivity contribution in [2.75, 3.05) is 0 Å². The summed E-state index contributed by atoms with van der Waals surface area (Å²) in [5.41, 5.74) is 6.89. The highest BCUT2D eigenvalue weighted by Crippen LogP contribution is 2.33. The molecule has 17 heavy (non-hydrogen) atoms. The lowest BCUT2D eigenvalue weighted by molar-refractivity contribution is 0.233. The third-order valence-corrected chi connectivity index (χ3v) is 3.94. The van der Waals surface area contributed by atoms with Crippen LogP contribution in [-0.2, 0) is 0 Å². The van der Waals surface area contributed by atoms with E-state index in [1.807, 2.05) is 0 Å². The second-order valence-electron chi connectivity index (χ2n) is 5.78. The largest absolute Gasteiger partial charge is 0.324 e. The van der Waals surface area contributed by atoms with Gasteiger partial charge in [0.25, 0.3) is 0 Å². The van der Waals surface area contributed by atoms with Crippen LogP contribution in [0.25, 0.3) is 0 Å². The van der Waals surface area contributed by atoms with E-state index in [-0.39, 0.29) is 17.3 Å². The van der Waals surface area contributed by atoms with Crippen molar-refractivity contribution in [3.8, 4) is 0 Å². The first-order chi connectivity index (χ1) is 7.71. The maximum absolute atomic E-state index is 13.7. The number of halogens is 2. The molecule has 0 aliphatic rings. The van der Waals surface area contributed by atoms with E-state index in [2.05, 4.69) is 43.6 Å². The van der Waals surface area contributed by atoms with Crippen LogP contribution in [0.2, 0.25) is 0 Å². The molecule has 1 aromatic rings. The Hall–Kier alpha value is -0.410. The minimum Gasteiger partial charge on any atom is -0.324 e. The van der Waals surface area contributed by atoms with Crippen LogP contribution in [0, 0.1) is 17.2 Å². The molecule has 1 aromatic carbocycles. The van der Waals surface area contributed by atoms with Crippen molar-refractivity contribution in [2.45, 2.75) is 40.2 Å². The normalized spacial score (nSPS) is 15.7. The third kappa shape index (κ3) is 4.07. The predicted molar refractivity (Wildman–Crippen MR) is 74.3 cm³/mol. The lowest BCUT2D eigenvalue weighted by atomic mass is 9.78. The predicted octanol–water partition coefficient (Wildman–Crippen LogP) is 4.66. The molecule has 2 atom stereocenters. The molecule has 0 bridgehead atoms. The quantitative estimate of drug-likeness (QED) is 0.863. The Kier molecular flexibility index (Phi) is 4.73. The second-order valence-corrected chi connectivity index (χ2v) is 6.69. The molecule has 0 aromatic heterocycles. The van der Waals surface area contributed by atoms with Crippen LogP contribution in [0.4, 0.5) is 4.39 Å². The number of nitrogens with two attached hydrogens (primary N) is 1. The Morgan fingerprint density at radius 1 is 1.35 bits per heavy atom. The average Bonchev–Trinajstić information content (AvgIpc) is 2.20. The van der Waals surface area contributed by atoms with E-state index in [1.54, 1.807) is 12.1 Å². The van der Waals surface area contributed by atoms with Gasteiger partial charge in [0.2, 0.25) is 0 Å². The van der Waals surface area contributed by atoms with Gasteiger partial charge in [0.1, 0.15) is 5.82 Å². The van der Waals surface area contributed by atoms with Crippen molar-refractivity contribution < 1.29 is 4.39 Å². The molecule has 0 amide bonds. The van der Waals surface area contributed by atoms with Gasteiger partial charge in [-0.15, -0.1) is 0 Å². The summed E-state index contributed by atoms with van der Waals surface area (Å²) in [6.45, 7) is 8.71. The first-order valence-electron chi connectivity index (χ1n) is 5.92. The summed E-state index contributed by atoms with van der Waals surface area (Å²) in [5.74, 6) is 0.220. The summed E-state index contributed by atoms with van der Waals surface area (Å²) in [6.07, 6.45) is 0.789. The van der Waals surface area contributed by atoms with E-state index in [0.717, 1.165) is 10.9 Å². The van der Waals surface area contributed by atoms with Gasteiger partial charge in [-0.2, -0.15) is 0 Å². The summed E-state index contributed by atoms with van der Waals surface area (Å²) in [6, 6.07) is 4.68. The van der Waals surface area contributed by atoms with E-state index >= 15 is 0 Å². The van der Waals surface area contributed by atoms with E-state index in [4.69, 9.17) is 5.73 Å². The first-order valence-corrected chi connectivity index (χ1v) is 6.71. The maximum Gasteiger partial charge on any atom is 0.128 e. The van der Waals surface area contributed by atoms with Gasteiger partial charge < -0.3 is 5.73 Å². The zero-order valence-corrected chi connectivity index (χ0v) is 12.5. The van der Waals surface area contributed by atoms with Gasteiger partial charge in [-0.3, -0.25) is 0 Å². The fourth-order valence-electron chi connectivity index (χ4n) is 1.66. The molecule has 96 valence electrons. The molecule has 2 N–H and O–H groups in total. The van der Waals surface area contributed by atoms with Crippen molar-refractivity contribution in [1.82, 2.24) is 0 Å². The molecule has 1 rings (SSSR count). The van der Waals surface area contributed by atoms with Crippen LogP contribution < -0.4 is 5.73 Å². The molecule has 0 radical (unpaired) electrons. The standard InChI is InChI=1S/C14H21BrFN/c1-9(14(2,3)4)7-13(17)11-8-10(15)5-6-12(11)16/h5-6,8-9,13H,7,17H2,1-4H3. The zero-order valence-electron chi connectivity index (χ0n) is 10.9. The number of hydrogen-bond acceptors (Lipinski definition) is 1. The van der Waals surface area contributed by atoms with Crippen molar-refractivity contribution in [3.63, 3.8) is 0 Å². The van der Waals surface area contributed by atoms with Gasteiger partial charge in [-0.1, -0.05) is 43.6 Å². The van der Waals surface area contributed by atoms with Crippen LogP contribution in [0.5, 0.6) is 0 Å². The van der Waals surface area contributed by atoms with Crippen molar-refractivity contribution in [1.29, 1.82) is 0 Å². The molecule has 0 spiro atoms. The van der Waals surface area contributed by atoms with E-state index in [9.17, 15) is 4.39 Å². The van der Waals surface area contributed by atoms with E-state index in [1.165, 1.54) is 6.07 Å². The number of hydrogen-bond donors (Lipinski definition) is 1. The van der Waals surface area contributed by atoms with Crippen molar-refractivity contribution in [2.24, 2.45) is 17.1 Å². The average molecular weight is 302 g/mol. The third-order valence-electron chi connectivity index (χ3n) is 3.44. The SMILES string of the molecule is CC(CC(N)c1cc(Br)ccc1F)C(C)(C)C. The molecule has 0 aliphatic carbocycles. The topological polar surface area (TPSA) is 26.0 Å². The number of rotatable bonds is 3. The van der Waals surface area contributed by atoms with Gasteiger partial charge in [0, 0.05) is 16.1 Å². The molecule has 0 saturated heterocycles. The van der Waals surface area contributed by atoms with Gasteiger partial charge in [-0.05, 0) is 36.0 Å². The van der Waals surface area contributed by atoms with Gasteiger partial charge in [0.05, 0.1) is 0 Å². The molecular weight excluding hydrogens is 281 g/mol. The number of benzene rings is 1. The maximum atomic E-state index is 13.7. The highest BCUT2D eigenvalue weighted by atomic mass is 79.9. The van der Waals surface area contributed by atoms with Crippen LogP contribution in [0.1, 0.15) is 45.7 Å². The summed E-state index contributed by atoms with van der Waals surface area (Å²) < 4.78 is 14.5. The Morgan fingerprint density at radius 2 is 1.94 bits per heavy atom. The minimum absolute atomic E-state index is 0.195. The summed E-state index contributed by atoms with van der Waals surface area (Å²) in [5, 5.41) is 0. The first kappa shape index (κ1) is 14.7. The van der Waals surface area contributed by atoms with Crippen LogP contribution in [0.3, 0.4) is 0 Å². The smallest absolute Gasteiger partial charge is 0.128 e. The fourth-order valence-corrected chi connectivity index (χ4v) is 2.04. The second kappa shape index (κ2) is 5.49. The molecule has 0 aliphatic heterocycles. The summed E-state index contributed by atoms with van der Waals surface area (Å²) in [4.78, 5) is 0. The summed E-state index contributed by atoms with van der Waals surface area (Å²) >= 11 is 3.35. The van der Waals surface area contributed by atoms with Gasteiger partial charge in [-0.25, -0.2) is 4.39 Å². The van der Waals surface area contributed by atoms with Crippen LogP contribution in [-0.4, -0.2) is 0 Å². The van der Waals surface area contributed by atoms with E-state index < -0.39 is 0 Å².